The van der Waals surface area contributed by atoms with E-state index in [1.54, 1.807) is 0 Å². The minimum atomic E-state index is 0.180. The predicted octanol–water partition coefficient (Wildman–Crippen LogP) is 3.36. The molecule has 0 spiro atoms. The van der Waals surface area contributed by atoms with Gasteiger partial charge in [0.05, 0.1) is 0 Å². The maximum Gasteiger partial charge on any atom is 0.0411 e. The molecule has 2 N–H and O–H groups in total. The van der Waals surface area contributed by atoms with Gasteiger partial charge in [-0.2, -0.15) is 0 Å². The monoisotopic (exact) mass is 355 g/mol. The molecule has 0 saturated heterocycles. The first-order valence-corrected chi connectivity index (χ1v) is 8.52. The molecule has 0 amide bonds. The van der Waals surface area contributed by atoms with E-state index >= 15 is 0 Å². The van der Waals surface area contributed by atoms with Crippen molar-refractivity contribution in [1.29, 1.82) is 0 Å². The molecule has 0 fully saturated rings. The number of hydrogen-bond donors (Lipinski definition) is 1. The Morgan fingerprint density at radius 3 is 2.33 bits per heavy atom. The standard InChI is InChI=1S/C17H30BrN3/c1-13(2)12-21(9-8-20(4)5)17-11-16(18)7-6-15(17)10-14(3)19/h6-7,11,13-14H,8-10,12,19H2,1-5H3. The molecule has 0 aromatic heterocycles. The van der Waals surface area contributed by atoms with Crippen molar-refractivity contribution >= 4 is 21.6 Å². The zero-order valence-electron chi connectivity index (χ0n) is 14.1. The zero-order chi connectivity index (χ0) is 16.0. The van der Waals surface area contributed by atoms with E-state index in [0.717, 1.165) is 30.5 Å². The van der Waals surface area contributed by atoms with Crippen LogP contribution in [0.2, 0.25) is 0 Å². The number of likely N-dealkylation sites (N-methyl/N-ethyl adjacent to an activating group) is 1. The smallest absolute Gasteiger partial charge is 0.0411 e. The fraction of sp³-hybridized carbons (Fsp3) is 0.647. The number of anilines is 1. The highest BCUT2D eigenvalue weighted by atomic mass is 79.9. The Morgan fingerprint density at radius 1 is 1.14 bits per heavy atom. The van der Waals surface area contributed by atoms with Gasteiger partial charge in [0, 0.05) is 35.8 Å². The van der Waals surface area contributed by atoms with E-state index in [0.29, 0.717) is 5.92 Å². The number of nitrogens with zero attached hydrogens (tertiary/aromatic N) is 2. The summed E-state index contributed by atoms with van der Waals surface area (Å²) in [6.07, 6.45) is 0.916. The average Bonchev–Trinajstić information content (AvgIpc) is 2.35. The Bertz CT molecular complexity index is 430. The van der Waals surface area contributed by atoms with Crippen LogP contribution in [0.15, 0.2) is 22.7 Å². The first-order valence-electron chi connectivity index (χ1n) is 7.73. The number of halogens is 1. The van der Waals surface area contributed by atoms with Gasteiger partial charge in [0.25, 0.3) is 0 Å². The third kappa shape index (κ3) is 6.81. The summed E-state index contributed by atoms with van der Waals surface area (Å²) in [5.41, 5.74) is 8.67. The van der Waals surface area contributed by atoms with Crippen molar-refractivity contribution in [1.82, 2.24) is 4.90 Å². The first-order chi connectivity index (χ1) is 9.79. The van der Waals surface area contributed by atoms with E-state index < -0.39 is 0 Å². The third-order valence-electron chi connectivity index (χ3n) is 3.33. The van der Waals surface area contributed by atoms with Gasteiger partial charge >= 0.3 is 0 Å². The predicted molar refractivity (Wildman–Crippen MR) is 97.1 cm³/mol. The second kappa shape index (κ2) is 8.76. The molecule has 21 heavy (non-hydrogen) atoms. The molecule has 0 saturated carbocycles. The molecule has 0 aliphatic heterocycles. The fourth-order valence-electron chi connectivity index (χ4n) is 2.42. The van der Waals surface area contributed by atoms with E-state index in [1.165, 1.54) is 11.3 Å². The van der Waals surface area contributed by atoms with E-state index in [1.807, 2.05) is 0 Å². The van der Waals surface area contributed by atoms with Crippen LogP contribution in [0, 0.1) is 5.92 Å². The summed E-state index contributed by atoms with van der Waals surface area (Å²) in [6.45, 7) is 9.76. The Kier molecular flexibility index (Phi) is 7.71. The van der Waals surface area contributed by atoms with Gasteiger partial charge in [0.1, 0.15) is 0 Å². The summed E-state index contributed by atoms with van der Waals surface area (Å²) in [5, 5.41) is 0. The quantitative estimate of drug-likeness (QED) is 0.775. The van der Waals surface area contributed by atoms with Crippen molar-refractivity contribution in [2.24, 2.45) is 11.7 Å². The fourth-order valence-corrected chi connectivity index (χ4v) is 2.77. The maximum atomic E-state index is 6.02. The van der Waals surface area contributed by atoms with Gasteiger partial charge in [0.15, 0.2) is 0 Å². The van der Waals surface area contributed by atoms with Crippen molar-refractivity contribution in [3.63, 3.8) is 0 Å². The Labute approximate surface area is 138 Å². The van der Waals surface area contributed by atoms with Crippen LogP contribution < -0.4 is 10.6 Å². The normalized spacial score (nSPS) is 13.0. The topological polar surface area (TPSA) is 32.5 Å². The lowest BCUT2D eigenvalue weighted by molar-refractivity contribution is 0.409. The van der Waals surface area contributed by atoms with Crippen LogP contribution in [0.4, 0.5) is 5.69 Å². The third-order valence-corrected chi connectivity index (χ3v) is 3.83. The molecule has 1 unspecified atom stereocenters. The summed E-state index contributed by atoms with van der Waals surface area (Å²) >= 11 is 3.61. The molecule has 1 rings (SSSR count). The number of benzene rings is 1. The van der Waals surface area contributed by atoms with Crippen LogP contribution in [0.25, 0.3) is 0 Å². The van der Waals surface area contributed by atoms with Gasteiger partial charge < -0.3 is 15.5 Å². The minimum Gasteiger partial charge on any atom is -0.370 e. The molecular weight excluding hydrogens is 326 g/mol. The Morgan fingerprint density at radius 2 is 1.81 bits per heavy atom. The van der Waals surface area contributed by atoms with Gasteiger partial charge in [-0.25, -0.2) is 0 Å². The summed E-state index contributed by atoms with van der Waals surface area (Å²) < 4.78 is 1.13. The highest BCUT2D eigenvalue weighted by molar-refractivity contribution is 9.10. The summed E-state index contributed by atoms with van der Waals surface area (Å²) in [4.78, 5) is 4.73. The highest BCUT2D eigenvalue weighted by Crippen LogP contribution is 2.27. The van der Waals surface area contributed by atoms with E-state index in [4.69, 9.17) is 5.73 Å². The van der Waals surface area contributed by atoms with Crippen molar-refractivity contribution in [3.8, 4) is 0 Å². The molecule has 0 bridgehead atoms. The molecule has 1 aromatic rings. The molecule has 0 radical (unpaired) electrons. The number of hydrogen-bond acceptors (Lipinski definition) is 3. The first kappa shape index (κ1) is 18.5. The van der Waals surface area contributed by atoms with Crippen LogP contribution in [-0.4, -0.2) is 44.7 Å². The second-order valence-corrected chi connectivity index (χ2v) is 7.51. The number of rotatable bonds is 8. The number of nitrogens with two attached hydrogens (primary N) is 1. The van der Waals surface area contributed by atoms with E-state index in [-0.39, 0.29) is 6.04 Å². The van der Waals surface area contributed by atoms with Crippen LogP contribution in [-0.2, 0) is 6.42 Å². The largest absolute Gasteiger partial charge is 0.370 e. The zero-order valence-corrected chi connectivity index (χ0v) is 15.7. The van der Waals surface area contributed by atoms with Crippen molar-refractivity contribution < 1.29 is 0 Å². The van der Waals surface area contributed by atoms with Gasteiger partial charge in [-0.3, -0.25) is 0 Å². The van der Waals surface area contributed by atoms with Crippen molar-refractivity contribution in [3.05, 3.63) is 28.2 Å². The molecule has 4 heteroatoms. The lowest BCUT2D eigenvalue weighted by atomic mass is 10.0. The molecular formula is C17H30BrN3. The molecule has 0 aliphatic rings. The van der Waals surface area contributed by atoms with Crippen LogP contribution in [0.5, 0.6) is 0 Å². The highest BCUT2D eigenvalue weighted by Gasteiger charge is 2.14. The van der Waals surface area contributed by atoms with E-state index in [2.05, 4.69) is 78.8 Å². The summed E-state index contributed by atoms with van der Waals surface area (Å²) in [7, 11) is 4.24. The Hall–Kier alpha value is -0.580. The summed E-state index contributed by atoms with van der Waals surface area (Å²) in [5.74, 6) is 0.634. The van der Waals surface area contributed by atoms with Crippen molar-refractivity contribution in [2.75, 3.05) is 38.6 Å². The van der Waals surface area contributed by atoms with E-state index in [9.17, 15) is 0 Å². The molecule has 0 aliphatic carbocycles. The van der Waals surface area contributed by atoms with Crippen LogP contribution in [0.1, 0.15) is 26.3 Å². The van der Waals surface area contributed by atoms with Crippen LogP contribution >= 0.6 is 15.9 Å². The van der Waals surface area contributed by atoms with Gasteiger partial charge in [-0.05, 0) is 51.1 Å². The molecule has 120 valence electrons. The molecule has 3 nitrogen and oxygen atoms in total. The average molecular weight is 356 g/mol. The lowest BCUT2D eigenvalue weighted by Gasteiger charge is -2.30. The maximum absolute atomic E-state index is 6.02. The van der Waals surface area contributed by atoms with Gasteiger partial charge in [-0.1, -0.05) is 35.8 Å². The molecule has 1 aromatic carbocycles. The summed E-state index contributed by atoms with van der Waals surface area (Å²) in [6, 6.07) is 6.72. The SMILES string of the molecule is CC(C)CN(CCN(C)C)c1cc(Br)ccc1CC(C)N. The molecule has 0 heterocycles. The van der Waals surface area contributed by atoms with Gasteiger partial charge in [0.2, 0.25) is 0 Å². The van der Waals surface area contributed by atoms with Crippen LogP contribution in [0.3, 0.4) is 0 Å². The van der Waals surface area contributed by atoms with Crippen molar-refractivity contribution in [2.45, 2.75) is 33.2 Å². The minimum absolute atomic E-state index is 0.180. The molecule has 1 atom stereocenters. The second-order valence-electron chi connectivity index (χ2n) is 6.60. The Balaban J connectivity index is 3.05. The lowest BCUT2D eigenvalue weighted by Crippen LogP contribution is -2.35. The van der Waals surface area contributed by atoms with Gasteiger partial charge in [-0.15, -0.1) is 0 Å².